The van der Waals surface area contributed by atoms with E-state index in [-0.39, 0.29) is 24.4 Å². The van der Waals surface area contributed by atoms with Gasteiger partial charge in [-0.3, -0.25) is 4.79 Å². The third-order valence-electron chi connectivity index (χ3n) is 2.58. The molecule has 1 atom stereocenters. The number of aliphatic hydroxyl groups is 1. The van der Waals surface area contributed by atoms with Gasteiger partial charge in [-0.25, -0.2) is 0 Å². The Bertz CT molecular complexity index is 645. The summed E-state index contributed by atoms with van der Waals surface area (Å²) >= 11 is 6.67. The minimum atomic E-state index is -0.457. The van der Waals surface area contributed by atoms with Crippen LogP contribution in [0.25, 0.3) is 11.0 Å². The van der Waals surface area contributed by atoms with Gasteiger partial charge in [-0.15, -0.1) is 12.4 Å². The molecule has 0 saturated carbocycles. The van der Waals surface area contributed by atoms with Crippen LogP contribution in [0.5, 0.6) is 0 Å². The van der Waals surface area contributed by atoms with Crippen molar-refractivity contribution in [3.8, 4) is 0 Å². The number of hydrogen-bond donors (Lipinski definition) is 2. The normalized spacial score (nSPS) is 12.2. The van der Waals surface area contributed by atoms with E-state index in [2.05, 4.69) is 31.9 Å². The second-order valence-electron chi connectivity index (χ2n) is 4.00. The predicted molar refractivity (Wildman–Crippen MR) is 83.9 cm³/mol. The number of aliphatic hydroxyl groups excluding tert-OH is 1. The summed E-state index contributed by atoms with van der Waals surface area (Å²) in [5.41, 5.74) is 6.48. The monoisotopic (exact) mass is 411 g/mol. The maximum Gasteiger partial charge on any atom is 0.195 e. The smallest absolute Gasteiger partial charge is 0.195 e. The number of benzene rings is 1. The lowest BCUT2D eigenvalue weighted by Gasteiger charge is -2.08. The van der Waals surface area contributed by atoms with Gasteiger partial charge in [0.2, 0.25) is 0 Å². The second-order valence-corrected chi connectivity index (χ2v) is 5.77. The van der Waals surface area contributed by atoms with Crippen LogP contribution in [0.3, 0.4) is 0 Å². The van der Waals surface area contributed by atoms with Crippen LogP contribution in [0.15, 0.2) is 36.6 Å². The molecule has 4 nitrogen and oxygen atoms in total. The number of halogens is 3. The lowest BCUT2D eigenvalue weighted by Crippen LogP contribution is -2.29. The van der Waals surface area contributed by atoms with Crippen LogP contribution >= 0.6 is 44.3 Å². The predicted octanol–water partition coefficient (Wildman–Crippen LogP) is 2.60. The van der Waals surface area contributed by atoms with Gasteiger partial charge in [0.15, 0.2) is 11.0 Å². The highest BCUT2D eigenvalue weighted by atomic mass is 79.9. The van der Waals surface area contributed by atoms with Gasteiger partial charge in [-0.1, -0.05) is 15.9 Å². The van der Waals surface area contributed by atoms with E-state index < -0.39 is 6.04 Å². The summed E-state index contributed by atoms with van der Waals surface area (Å²) in [5.74, 6) is 0. The lowest BCUT2D eigenvalue weighted by molar-refractivity contribution is 0.265. The average Bonchev–Trinajstić information content (AvgIpc) is 2.33. The van der Waals surface area contributed by atoms with Crippen molar-refractivity contribution in [1.82, 2.24) is 0 Å². The highest BCUT2D eigenvalue weighted by molar-refractivity contribution is 9.11. The molecule has 0 fully saturated rings. The molecule has 0 amide bonds. The number of nitrogens with two attached hydrogens (primary N) is 1. The summed E-state index contributed by atoms with van der Waals surface area (Å²) in [7, 11) is 0. The van der Waals surface area contributed by atoms with Gasteiger partial charge >= 0.3 is 0 Å². The van der Waals surface area contributed by atoms with Gasteiger partial charge in [-0.2, -0.15) is 0 Å². The first kappa shape index (κ1) is 16.7. The van der Waals surface area contributed by atoms with Gasteiger partial charge in [-0.05, 0) is 34.5 Å². The summed E-state index contributed by atoms with van der Waals surface area (Å²) in [6.45, 7) is -0.167. The Morgan fingerprint density at radius 1 is 1.37 bits per heavy atom. The summed E-state index contributed by atoms with van der Waals surface area (Å²) in [6, 6.07) is 3.06. The van der Waals surface area contributed by atoms with E-state index in [4.69, 9.17) is 15.3 Å². The molecule has 1 aromatic carbocycles. The molecule has 3 N–H and O–H groups in total. The summed E-state index contributed by atoms with van der Waals surface area (Å²) in [6.07, 6.45) is 1.69. The largest absolute Gasteiger partial charge is 0.463 e. The van der Waals surface area contributed by atoms with E-state index in [0.29, 0.717) is 27.4 Å². The maximum atomic E-state index is 12.2. The van der Waals surface area contributed by atoms with Crippen LogP contribution in [0.4, 0.5) is 0 Å². The maximum absolute atomic E-state index is 12.2. The second kappa shape index (κ2) is 6.85. The zero-order valence-electron chi connectivity index (χ0n) is 9.73. The molecule has 0 aliphatic rings. The Labute approximate surface area is 132 Å². The Hall–Kier alpha value is -0.400. The molecule has 1 unspecified atom stereocenters. The first-order valence-electron chi connectivity index (χ1n) is 5.28. The van der Waals surface area contributed by atoms with Crippen molar-refractivity contribution < 1.29 is 9.52 Å². The molecule has 0 aliphatic carbocycles. The molecular formula is C12H12Br2ClNO3. The molecule has 2 rings (SSSR count). The summed E-state index contributed by atoms with van der Waals surface area (Å²) in [5, 5.41) is 9.40. The van der Waals surface area contributed by atoms with Crippen molar-refractivity contribution in [2.75, 3.05) is 6.61 Å². The van der Waals surface area contributed by atoms with E-state index in [0.717, 1.165) is 4.47 Å². The van der Waals surface area contributed by atoms with Crippen LogP contribution in [-0.2, 0) is 6.42 Å². The van der Waals surface area contributed by atoms with Crippen molar-refractivity contribution in [3.05, 3.63) is 43.1 Å². The van der Waals surface area contributed by atoms with E-state index >= 15 is 0 Å². The van der Waals surface area contributed by atoms with E-state index in [1.807, 2.05) is 6.07 Å². The van der Waals surface area contributed by atoms with Crippen LogP contribution in [-0.4, -0.2) is 17.8 Å². The van der Waals surface area contributed by atoms with Gasteiger partial charge in [0.05, 0.1) is 22.7 Å². The highest BCUT2D eigenvalue weighted by Gasteiger charge is 2.12. The molecular weight excluding hydrogens is 401 g/mol. The van der Waals surface area contributed by atoms with Gasteiger partial charge in [0.1, 0.15) is 0 Å². The van der Waals surface area contributed by atoms with E-state index in [9.17, 15) is 4.79 Å². The summed E-state index contributed by atoms with van der Waals surface area (Å²) in [4.78, 5) is 12.2. The third-order valence-corrected chi connectivity index (χ3v) is 3.63. The standard InChI is InChI=1S/C12H11Br2NO3.ClH/c13-7-2-9-11(17)6(1-8(15)4-16)5-18-12(9)10(14)3-7;/h2-3,5,8,16H,1,4,15H2;1H. The van der Waals surface area contributed by atoms with Crippen LogP contribution < -0.4 is 11.2 Å². The average molecular weight is 413 g/mol. The van der Waals surface area contributed by atoms with Crippen molar-refractivity contribution in [2.45, 2.75) is 12.5 Å². The highest BCUT2D eigenvalue weighted by Crippen LogP contribution is 2.27. The molecule has 0 saturated heterocycles. The number of fused-ring (bicyclic) bond motifs is 1. The first-order chi connectivity index (χ1) is 8.52. The van der Waals surface area contributed by atoms with E-state index in [1.165, 1.54) is 6.26 Å². The quantitative estimate of drug-likeness (QED) is 0.811. The molecule has 19 heavy (non-hydrogen) atoms. The van der Waals surface area contributed by atoms with Crippen LogP contribution in [0, 0.1) is 0 Å². The number of rotatable bonds is 3. The Morgan fingerprint density at radius 2 is 2.05 bits per heavy atom. The molecule has 104 valence electrons. The van der Waals surface area contributed by atoms with Gasteiger partial charge in [0, 0.05) is 16.1 Å². The molecule has 0 aliphatic heterocycles. The Balaban J connectivity index is 0.00000180. The zero-order valence-corrected chi connectivity index (χ0v) is 13.7. The van der Waals surface area contributed by atoms with Crippen molar-refractivity contribution in [2.24, 2.45) is 5.73 Å². The molecule has 1 heterocycles. The molecule has 7 heteroatoms. The van der Waals surface area contributed by atoms with Gasteiger partial charge in [0.25, 0.3) is 0 Å². The fraction of sp³-hybridized carbons (Fsp3) is 0.250. The Kier molecular flexibility index (Phi) is 6.01. The van der Waals surface area contributed by atoms with Crippen molar-refractivity contribution in [1.29, 1.82) is 0 Å². The molecule has 0 spiro atoms. The SMILES string of the molecule is Cl.NC(CO)Cc1coc2c(Br)cc(Br)cc2c1=O. The molecule has 0 radical (unpaired) electrons. The topological polar surface area (TPSA) is 76.5 Å². The Morgan fingerprint density at radius 3 is 2.68 bits per heavy atom. The third kappa shape index (κ3) is 3.58. The van der Waals surface area contributed by atoms with E-state index in [1.54, 1.807) is 6.07 Å². The fourth-order valence-corrected chi connectivity index (χ4v) is 3.01. The lowest BCUT2D eigenvalue weighted by atomic mass is 10.1. The number of hydrogen-bond acceptors (Lipinski definition) is 4. The van der Waals surface area contributed by atoms with Crippen molar-refractivity contribution >= 4 is 55.2 Å². The fourth-order valence-electron chi connectivity index (χ4n) is 1.69. The van der Waals surface area contributed by atoms with Crippen molar-refractivity contribution in [3.63, 3.8) is 0 Å². The van der Waals surface area contributed by atoms with Crippen LogP contribution in [0.1, 0.15) is 5.56 Å². The minimum Gasteiger partial charge on any atom is -0.463 e. The molecule has 1 aromatic heterocycles. The van der Waals surface area contributed by atoms with Gasteiger partial charge < -0.3 is 15.3 Å². The molecule has 0 bridgehead atoms. The first-order valence-corrected chi connectivity index (χ1v) is 6.87. The minimum absolute atomic E-state index is 0. The van der Waals surface area contributed by atoms with Crippen LogP contribution in [0.2, 0.25) is 0 Å². The molecule has 2 aromatic rings. The zero-order chi connectivity index (χ0) is 13.3. The summed E-state index contributed by atoms with van der Waals surface area (Å²) < 4.78 is 6.95.